The van der Waals surface area contributed by atoms with Gasteiger partial charge in [0.2, 0.25) is 5.91 Å². The van der Waals surface area contributed by atoms with Crippen molar-refractivity contribution in [3.8, 4) is 5.75 Å². The third kappa shape index (κ3) is 3.99. The van der Waals surface area contributed by atoms with E-state index in [4.69, 9.17) is 4.74 Å². The highest BCUT2D eigenvalue weighted by atomic mass is 32.1. The van der Waals surface area contributed by atoms with E-state index < -0.39 is 0 Å². The van der Waals surface area contributed by atoms with Crippen molar-refractivity contribution in [1.82, 2.24) is 9.80 Å². The molecule has 0 aliphatic carbocycles. The van der Waals surface area contributed by atoms with Crippen LogP contribution in [-0.2, 0) is 17.8 Å². The number of nitrogens with one attached hydrogen (secondary N) is 1. The molecule has 3 heterocycles. The number of urea groups is 1. The molecular formula is C21H25N3O3S. The van der Waals surface area contributed by atoms with Crippen LogP contribution in [0.5, 0.6) is 5.75 Å². The van der Waals surface area contributed by atoms with Crippen LogP contribution in [0.2, 0.25) is 0 Å². The first-order valence-corrected chi connectivity index (χ1v) is 10.6. The van der Waals surface area contributed by atoms with Gasteiger partial charge in [0.1, 0.15) is 5.75 Å². The molecule has 4 rings (SSSR count). The van der Waals surface area contributed by atoms with Gasteiger partial charge in [0, 0.05) is 32.1 Å². The lowest BCUT2D eigenvalue weighted by Gasteiger charge is -2.36. The molecule has 1 aromatic carbocycles. The Bertz CT molecular complexity index is 845. The highest BCUT2D eigenvalue weighted by Crippen LogP contribution is 2.27. The van der Waals surface area contributed by atoms with E-state index in [2.05, 4.69) is 17.4 Å². The van der Waals surface area contributed by atoms with Gasteiger partial charge in [-0.15, -0.1) is 11.3 Å². The number of ether oxygens (including phenoxy) is 1. The Morgan fingerprint density at radius 2 is 1.93 bits per heavy atom. The summed E-state index contributed by atoms with van der Waals surface area (Å²) in [5.74, 6) is 1.09. The molecule has 0 atom stereocenters. The summed E-state index contributed by atoms with van der Waals surface area (Å²) in [7, 11) is 1.67. The molecule has 0 unspecified atom stereocenters. The molecule has 1 aromatic heterocycles. The molecule has 0 spiro atoms. The summed E-state index contributed by atoms with van der Waals surface area (Å²) in [5, 5.41) is 5.71. The van der Waals surface area contributed by atoms with Crippen LogP contribution in [0.1, 0.15) is 24.0 Å². The molecule has 6 nitrogen and oxygen atoms in total. The van der Waals surface area contributed by atoms with E-state index >= 15 is 0 Å². The topological polar surface area (TPSA) is 61.9 Å². The minimum absolute atomic E-state index is 0.00517. The van der Waals surface area contributed by atoms with Crippen molar-refractivity contribution in [3.05, 3.63) is 46.8 Å². The Morgan fingerprint density at radius 1 is 1.11 bits per heavy atom. The molecule has 0 radical (unpaired) electrons. The summed E-state index contributed by atoms with van der Waals surface area (Å²) in [5.41, 5.74) is 2.47. The Morgan fingerprint density at radius 3 is 2.64 bits per heavy atom. The van der Waals surface area contributed by atoms with Gasteiger partial charge in [0.25, 0.3) is 0 Å². The maximum absolute atomic E-state index is 13.0. The number of hydrogen-bond acceptors (Lipinski definition) is 4. The lowest BCUT2D eigenvalue weighted by molar-refractivity contribution is -0.137. The average Bonchev–Trinajstić information content (AvgIpc) is 3.25. The van der Waals surface area contributed by atoms with Crippen molar-refractivity contribution in [2.75, 3.05) is 32.1 Å². The summed E-state index contributed by atoms with van der Waals surface area (Å²) in [6, 6.07) is 9.82. The molecule has 0 bridgehead atoms. The van der Waals surface area contributed by atoms with Crippen molar-refractivity contribution in [3.63, 3.8) is 0 Å². The van der Waals surface area contributed by atoms with Gasteiger partial charge in [-0.05, 0) is 60.0 Å². The van der Waals surface area contributed by atoms with E-state index in [9.17, 15) is 9.59 Å². The van der Waals surface area contributed by atoms with Gasteiger partial charge < -0.3 is 14.5 Å². The smallest absolute Gasteiger partial charge is 0.322 e. The SMILES string of the molecule is COc1ccc2c(c1)CCN(C(=O)C1CCN(C(=O)Nc3cccs3)CC1)C2. The van der Waals surface area contributed by atoms with Crippen LogP contribution in [0.15, 0.2) is 35.7 Å². The van der Waals surface area contributed by atoms with E-state index in [0.717, 1.165) is 36.6 Å². The third-order valence-electron chi connectivity index (χ3n) is 5.62. The first kappa shape index (κ1) is 18.8. The van der Waals surface area contributed by atoms with Gasteiger partial charge in [-0.1, -0.05) is 6.07 Å². The first-order chi connectivity index (χ1) is 13.6. The second-order valence-corrected chi connectivity index (χ2v) is 8.26. The zero-order valence-electron chi connectivity index (χ0n) is 16.0. The van der Waals surface area contributed by atoms with Gasteiger partial charge >= 0.3 is 6.03 Å². The summed E-state index contributed by atoms with van der Waals surface area (Å²) in [4.78, 5) is 29.1. The van der Waals surface area contributed by atoms with Gasteiger partial charge in [0.15, 0.2) is 0 Å². The standard InChI is InChI=1S/C21H25N3O3S/c1-27-18-5-4-17-14-24(11-8-16(17)13-18)20(25)15-6-9-23(10-7-15)21(26)22-19-3-2-12-28-19/h2-5,12-13,15H,6-11,14H2,1H3,(H,22,26). The van der Waals surface area contributed by atoms with Crippen LogP contribution in [-0.4, -0.2) is 48.5 Å². The molecule has 2 aromatic rings. The van der Waals surface area contributed by atoms with Crippen LogP contribution in [0.25, 0.3) is 0 Å². The molecule has 0 saturated carbocycles. The number of hydrogen-bond donors (Lipinski definition) is 1. The van der Waals surface area contributed by atoms with E-state index in [0.29, 0.717) is 19.6 Å². The number of carbonyl (C=O) groups excluding carboxylic acids is 2. The van der Waals surface area contributed by atoms with Crippen molar-refractivity contribution < 1.29 is 14.3 Å². The second-order valence-electron chi connectivity index (χ2n) is 7.31. The normalized spacial score (nSPS) is 17.2. The zero-order valence-corrected chi connectivity index (χ0v) is 16.8. The predicted octanol–water partition coefficient (Wildman–Crippen LogP) is 3.59. The summed E-state index contributed by atoms with van der Waals surface area (Å²) in [6.07, 6.45) is 2.31. The molecule has 2 aliphatic heterocycles. The summed E-state index contributed by atoms with van der Waals surface area (Å²) < 4.78 is 5.29. The number of nitrogens with zero attached hydrogens (tertiary/aromatic N) is 2. The lowest BCUT2D eigenvalue weighted by Crippen LogP contribution is -2.46. The zero-order chi connectivity index (χ0) is 19.5. The molecule has 1 fully saturated rings. The average molecular weight is 400 g/mol. The highest BCUT2D eigenvalue weighted by molar-refractivity contribution is 7.14. The molecule has 2 aliphatic rings. The largest absolute Gasteiger partial charge is 0.497 e. The Hall–Kier alpha value is -2.54. The van der Waals surface area contributed by atoms with Gasteiger partial charge in [-0.2, -0.15) is 0 Å². The fraction of sp³-hybridized carbons (Fsp3) is 0.429. The maximum Gasteiger partial charge on any atom is 0.322 e. The number of methoxy groups -OCH3 is 1. The molecule has 1 N–H and O–H groups in total. The van der Waals surface area contributed by atoms with Gasteiger partial charge in [-0.25, -0.2) is 4.79 Å². The molecule has 28 heavy (non-hydrogen) atoms. The molecule has 3 amide bonds. The summed E-state index contributed by atoms with van der Waals surface area (Å²) >= 11 is 1.51. The Kier molecular flexibility index (Phi) is 5.52. The van der Waals surface area contributed by atoms with Gasteiger partial charge in [-0.3, -0.25) is 10.1 Å². The van der Waals surface area contributed by atoms with Crippen molar-refractivity contribution in [2.24, 2.45) is 5.92 Å². The number of piperidine rings is 1. The molecule has 1 saturated heterocycles. The van der Waals surface area contributed by atoms with Crippen LogP contribution < -0.4 is 10.1 Å². The fourth-order valence-electron chi connectivity index (χ4n) is 3.97. The molecular weight excluding hydrogens is 374 g/mol. The number of fused-ring (bicyclic) bond motifs is 1. The van der Waals surface area contributed by atoms with Crippen LogP contribution in [0.3, 0.4) is 0 Å². The minimum Gasteiger partial charge on any atom is -0.497 e. The van der Waals surface area contributed by atoms with Crippen LogP contribution >= 0.6 is 11.3 Å². The van der Waals surface area contributed by atoms with Crippen LogP contribution in [0.4, 0.5) is 9.80 Å². The van der Waals surface area contributed by atoms with E-state index in [1.807, 2.05) is 28.5 Å². The molecule has 148 valence electrons. The third-order valence-corrected chi connectivity index (χ3v) is 6.41. The van der Waals surface area contributed by atoms with E-state index in [-0.39, 0.29) is 17.9 Å². The second kappa shape index (κ2) is 8.22. The lowest BCUT2D eigenvalue weighted by atomic mass is 9.93. The Labute approximate surface area is 169 Å². The van der Waals surface area contributed by atoms with Crippen molar-refractivity contribution >= 4 is 28.3 Å². The number of rotatable bonds is 3. The van der Waals surface area contributed by atoms with Crippen molar-refractivity contribution in [1.29, 1.82) is 0 Å². The number of amides is 3. The first-order valence-electron chi connectivity index (χ1n) is 9.68. The van der Waals surface area contributed by atoms with E-state index in [1.165, 1.54) is 22.5 Å². The molecule has 7 heteroatoms. The number of carbonyl (C=O) groups is 2. The van der Waals surface area contributed by atoms with Gasteiger partial charge in [0.05, 0.1) is 12.1 Å². The quantitative estimate of drug-likeness (QED) is 0.858. The number of likely N-dealkylation sites (tertiary alicyclic amines) is 1. The minimum atomic E-state index is -0.0748. The Balaban J connectivity index is 1.31. The number of thiophene rings is 1. The fourth-order valence-corrected chi connectivity index (χ4v) is 4.57. The number of anilines is 1. The van der Waals surface area contributed by atoms with Crippen molar-refractivity contribution in [2.45, 2.75) is 25.8 Å². The predicted molar refractivity (Wildman–Crippen MR) is 110 cm³/mol. The van der Waals surface area contributed by atoms with Crippen LogP contribution in [0, 0.1) is 5.92 Å². The van der Waals surface area contributed by atoms with E-state index in [1.54, 1.807) is 12.0 Å². The highest BCUT2D eigenvalue weighted by Gasteiger charge is 2.31. The number of benzene rings is 1. The summed E-state index contributed by atoms with van der Waals surface area (Å²) in [6.45, 7) is 2.65. The monoisotopic (exact) mass is 399 g/mol. The maximum atomic E-state index is 13.0.